The van der Waals surface area contributed by atoms with Gasteiger partial charge in [0.2, 0.25) is 0 Å². The second-order valence-electron chi connectivity index (χ2n) is 4.16. The van der Waals surface area contributed by atoms with E-state index < -0.39 is 0 Å². The average molecular weight is 314 g/mol. The van der Waals surface area contributed by atoms with Crippen molar-refractivity contribution in [3.05, 3.63) is 65.0 Å². The highest BCUT2D eigenvalue weighted by atomic mass is 32.2. The molecule has 0 N–H and O–H groups in total. The summed E-state index contributed by atoms with van der Waals surface area (Å²) in [6, 6.07) is 13.1. The minimum atomic E-state index is -0.225. The van der Waals surface area contributed by atoms with Gasteiger partial charge in [-0.3, -0.25) is 4.79 Å². The lowest BCUT2D eigenvalue weighted by Gasteiger charge is -2.05. The summed E-state index contributed by atoms with van der Waals surface area (Å²) in [5.74, 6) is 0.341. The van der Waals surface area contributed by atoms with E-state index in [2.05, 4.69) is 5.10 Å². The highest BCUT2D eigenvalue weighted by Crippen LogP contribution is 2.32. The van der Waals surface area contributed by atoms with E-state index >= 15 is 0 Å². The fourth-order valence-corrected chi connectivity index (χ4v) is 2.91. The van der Waals surface area contributed by atoms with Gasteiger partial charge in [-0.1, -0.05) is 42.1 Å². The molecule has 1 aromatic carbocycles. The minimum absolute atomic E-state index is 0.225. The van der Waals surface area contributed by atoms with Crippen molar-refractivity contribution >= 4 is 46.5 Å². The van der Waals surface area contributed by atoms with Crippen molar-refractivity contribution in [3.63, 3.8) is 0 Å². The van der Waals surface area contributed by atoms with Crippen LogP contribution >= 0.6 is 24.0 Å². The maximum atomic E-state index is 12.3. The number of thiocarbonyl (C=S) groups is 1. The van der Waals surface area contributed by atoms with Crippen molar-refractivity contribution in [2.75, 3.05) is 0 Å². The van der Waals surface area contributed by atoms with Crippen LogP contribution < -0.4 is 0 Å². The molecule has 6 heteroatoms. The van der Waals surface area contributed by atoms with E-state index in [1.54, 1.807) is 18.4 Å². The molecule has 1 fully saturated rings. The molecule has 1 aliphatic heterocycles. The highest BCUT2D eigenvalue weighted by molar-refractivity contribution is 8.26. The maximum absolute atomic E-state index is 12.3. The molecule has 0 unspecified atom stereocenters. The summed E-state index contributed by atoms with van der Waals surface area (Å²) in [5, 5.41) is 5.29. The summed E-state index contributed by atoms with van der Waals surface area (Å²) < 4.78 is 5.54. The highest BCUT2D eigenvalue weighted by Gasteiger charge is 2.32. The number of amides is 1. The molecular formula is C15H10N2O2S2. The number of rotatable bonds is 3. The number of carbonyl (C=O) groups is 1. The molecule has 0 radical (unpaired) electrons. The van der Waals surface area contributed by atoms with Gasteiger partial charge >= 0.3 is 0 Å². The molecule has 1 aliphatic rings. The van der Waals surface area contributed by atoms with Crippen LogP contribution in [0.3, 0.4) is 0 Å². The Kier molecular flexibility index (Phi) is 3.98. The van der Waals surface area contributed by atoms with Crippen LogP contribution in [-0.4, -0.2) is 21.5 Å². The third-order valence-electron chi connectivity index (χ3n) is 2.71. The average Bonchev–Trinajstić information content (AvgIpc) is 3.08. The zero-order chi connectivity index (χ0) is 14.7. The van der Waals surface area contributed by atoms with E-state index in [-0.39, 0.29) is 5.91 Å². The van der Waals surface area contributed by atoms with E-state index in [1.807, 2.05) is 36.4 Å². The Morgan fingerprint density at radius 1 is 1.19 bits per heavy atom. The predicted octanol–water partition coefficient (Wildman–Crippen LogP) is 3.51. The van der Waals surface area contributed by atoms with E-state index in [4.69, 9.17) is 16.6 Å². The first-order chi connectivity index (χ1) is 10.2. The smallest absolute Gasteiger partial charge is 0.286 e. The molecule has 0 spiro atoms. The molecular weight excluding hydrogens is 304 g/mol. The minimum Gasteiger partial charge on any atom is -0.463 e. The first-order valence-corrected chi connectivity index (χ1v) is 7.37. The van der Waals surface area contributed by atoms with Crippen molar-refractivity contribution in [3.8, 4) is 0 Å². The number of furan rings is 1. The lowest BCUT2D eigenvalue weighted by atomic mass is 10.2. The van der Waals surface area contributed by atoms with Crippen molar-refractivity contribution in [1.82, 2.24) is 5.01 Å². The molecule has 1 saturated heterocycles. The van der Waals surface area contributed by atoms with Crippen LogP contribution in [0, 0.1) is 0 Å². The van der Waals surface area contributed by atoms with Gasteiger partial charge in [-0.05, 0) is 36.0 Å². The topological polar surface area (TPSA) is 45.8 Å². The molecule has 0 bridgehead atoms. The number of hydrogen-bond donors (Lipinski definition) is 0. The summed E-state index contributed by atoms with van der Waals surface area (Å²) in [7, 11) is 0. The van der Waals surface area contributed by atoms with E-state index in [1.165, 1.54) is 23.0 Å². The Labute approximate surface area is 131 Å². The fraction of sp³-hybridized carbons (Fsp3) is 0. The molecule has 0 atom stereocenters. The summed E-state index contributed by atoms with van der Waals surface area (Å²) in [6.07, 6.45) is 4.82. The second kappa shape index (κ2) is 6.07. The molecule has 0 aliphatic carbocycles. The monoisotopic (exact) mass is 314 g/mol. The van der Waals surface area contributed by atoms with Gasteiger partial charge in [0.1, 0.15) is 5.76 Å². The summed E-state index contributed by atoms with van der Waals surface area (Å²) >= 11 is 6.43. The summed E-state index contributed by atoms with van der Waals surface area (Å²) in [5.41, 5.74) is 0.952. The first kappa shape index (κ1) is 13.8. The van der Waals surface area contributed by atoms with Gasteiger partial charge < -0.3 is 4.42 Å². The van der Waals surface area contributed by atoms with Crippen molar-refractivity contribution in [1.29, 1.82) is 0 Å². The molecule has 1 aromatic heterocycles. The summed E-state index contributed by atoms with van der Waals surface area (Å²) in [4.78, 5) is 12.8. The Morgan fingerprint density at radius 3 is 2.71 bits per heavy atom. The Hall–Kier alpha value is -2.18. The van der Waals surface area contributed by atoms with Crippen LogP contribution in [0.5, 0.6) is 0 Å². The van der Waals surface area contributed by atoms with Gasteiger partial charge in [0.05, 0.1) is 17.4 Å². The Bertz CT molecular complexity index is 721. The SMILES string of the molecule is O=C1C(=Cc2ccccc2)SC(=S)N1N=Cc1ccco1. The quantitative estimate of drug-likeness (QED) is 0.494. The zero-order valence-corrected chi connectivity index (χ0v) is 12.4. The molecule has 104 valence electrons. The van der Waals surface area contributed by atoms with Gasteiger partial charge in [0, 0.05) is 0 Å². The summed E-state index contributed by atoms with van der Waals surface area (Å²) in [6.45, 7) is 0. The number of hydrazone groups is 1. The van der Waals surface area contributed by atoms with Crippen LogP contribution in [0.25, 0.3) is 6.08 Å². The molecule has 2 heterocycles. The van der Waals surface area contributed by atoms with Gasteiger partial charge in [0.25, 0.3) is 5.91 Å². The second-order valence-corrected chi connectivity index (χ2v) is 5.84. The fourth-order valence-electron chi connectivity index (χ4n) is 1.74. The standard InChI is InChI=1S/C15H10N2O2S2/c18-14-13(9-11-5-2-1-3-6-11)21-15(20)17(14)16-10-12-7-4-8-19-12/h1-10H. The molecule has 1 amide bonds. The zero-order valence-electron chi connectivity index (χ0n) is 10.8. The molecule has 3 rings (SSSR count). The lowest BCUT2D eigenvalue weighted by molar-refractivity contribution is -0.122. The third-order valence-corrected chi connectivity index (χ3v) is 4.00. The largest absolute Gasteiger partial charge is 0.463 e. The van der Waals surface area contributed by atoms with Gasteiger partial charge in [-0.2, -0.15) is 10.1 Å². The van der Waals surface area contributed by atoms with Gasteiger partial charge in [-0.25, -0.2) is 0 Å². The Morgan fingerprint density at radius 2 is 2.00 bits per heavy atom. The van der Waals surface area contributed by atoms with Crippen molar-refractivity contribution < 1.29 is 9.21 Å². The Balaban J connectivity index is 1.81. The normalized spacial score (nSPS) is 17.3. The number of benzene rings is 1. The number of carbonyl (C=O) groups excluding carboxylic acids is 1. The van der Waals surface area contributed by atoms with Crippen LogP contribution in [0.2, 0.25) is 0 Å². The van der Waals surface area contributed by atoms with Crippen LogP contribution in [-0.2, 0) is 4.79 Å². The van der Waals surface area contributed by atoms with Gasteiger partial charge in [-0.15, -0.1) is 0 Å². The number of thioether (sulfide) groups is 1. The van der Waals surface area contributed by atoms with E-state index in [9.17, 15) is 4.79 Å². The van der Waals surface area contributed by atoms with Crippen LogP contribution in [0.4, 0.5) is 0 Å². The van der Waals surface area contributed by atoms with Gasteiger partial charge in [0.15, 0.2) is 4.32 Å². The first-order valence-electron chi connectivity index (χ1n) is 6.14. The van der Waals surface area contributed by atoms with Crippen molar-refractivity contribution in [2.45, 2.75) is 0 Å². The maximum Gasteiger partial charge on any atom is 0.286 e. The molecule has 4 nitrogen and oxygen atoms in total. The van der Waals surface area contributed by atoms with Crippen molar-refractivity contribution in [2.24, 2.45) is 5.10 Å². The number of hydrogen-bond acceptors (Lipinski definition) is 5. The number of nitrogens with zero attached hydrogens (tertiary/aromatic N) is 2. The third kappa shape index (κ3) is 3.12. The van der Waals surface area contributed by atoms with Crippen LogP contribution in [0.15, 0.2) is 63.2 Å². The van der Waals surface area contributed by atoms with Crippen LogP contribution in [0.1, 0.15) is 11.3 Å². The molecule has 0 saturated carbocycles. The predicted molar refractivity (Wildman–Crippen MR) is 87.8 cm³/mol. The van der Waals surface area contributed by atoms with E-state index in [0.717, 1.165) is 5.56 Å². The molecule has 21 heavy (non-hydrogen) atoms. The lowest BCUT2D eigenvalue weighted by Crippen LogP contribution is -2.22. The molecule has 2 aromatic rings. The van der Waals surface area contributed by atoms with E-state index in [0.29, 0.717) is 15.0 Å².